The Morgan fingerprint density at radius 2 is 2.35 bits per heavy atom. The van der Waals surface area contributed by atoms with Crippen LogP contribution in [0, 0.1) is 0 Å². The first kappa shape index (κ1) is 13.0. The van der Waals surface area contributed by atoms with E-state index in [1.165, 1.54) is 0 Å². The fourth-order valence-corrected chi connectivity index (χ4v) is 2.48. The van der Waals surface area contributed by atoms with Crippen LogP contribution in [0.15, 0.2) is 36.9 Å². The summed E-state index contributed by atoms with van der Waals surface area (Å²) in [7, 11) is 0. The number of imidazole rings is 1. The van der Waals surface area contributed by atoms with Crippen molar-refractivity contribution in [1.82, 2.24) is 14.9 Å². The third kappa shape index (κ3) is 2.93. The number of unbranched alkanes of at least 4 members (excludes halogenated alkanes) is 1. The number of rotatable bonds is 6. The van der Waals surface area contributed by atoms with Crippen molar-refractivity contribution in [2.75, 3.05) is 13.2 Å². The third-order valence-electron chi connectivity index (χ3n) is 3.57. The van der Waals surface area contributed by atoms with Crippen molar-refractivity contribution in [3.8, 4) is 11.5 Å². The second kappa shape index (κ2) is 5.96. The van der Waals surface area contributed by atoms with Gasteiger partial charge in [0.15, 0.2) is 0 Å². The first-order valence-electron chi connectivity index (χ1n) is 6.98. The van der Waals surface area contributed by atoms with E-state index < -0.39 is 0 Å². The number of hydrogen-bond acceptors (Lipinski definition) is 4. The van der Waals surface area contributed by atoms with E-state index in [9.17, 15) is 5.11 Å². The Labute approximate surface area is 118 Å². The van der Waals surface area contributed by atoms with Crippen molar-refractivity contribution in [1.29, 1.82) is 0 Å². The summed E-state index contributed by atoms with van der Waals surface area (Å²) in [6, 6.07) is 5.55. The lowest BCUT2D eigenvalue weighted by atomic mass is 10.1. The van der Waals surface area contributed by atoms with E-state index in [1.807, 2.05) is 18.6 Å². The van der Waals surface area contributed by atoms with Gasteiger partial charge in [0.05, 0.1) is 12.4 Å². The van der Waals surface area contributed by atoms with E-state index in [0.29, 0.717) is 6.61 Å². The average Bonchev–Trinajstić information content (AvgIpc) is 3.08. The molecule has 2 aromatic rings. The molecule has 0 bridgehead atoms. The molecule has 1 aromatic heterocycles. The summed E-state index contributed by atoms with van der Waals surface area (Å²) in [6.45, 7) is 2.61. The Balaban J connectivity index is 1.42. The lowest BCUT2D eigenvalue weighted by molar-refractivity contribution is 0.309. The SMILES string of the molecule is Oc1ccc2c(c1)OCC2NCCCCn1ccnc1. The number of phenolic OH excluding ortho intramolecular Hbond substituents is 1. The molecule has 3 rings (SSSR count). The molecule has 1 aliphatic rings. The van der Waals surface area contributed by atoms with Gasteiger partial charge in [-0.25, -0.2) is 4.98 Å². The van der Waals surface area contributed by atoms with Crippen molar-refractivity contribution < 1.29 is 9.84 Å². The van der Waals surface area contributed by atoms with Crippen LogP contribution in [0.25, 0.3) is 0 Å². The van der Waals surface area contributed by atoms with Crippen LogP contribution >= 0.6 is 0 Å². The first-order valence-corrected chi connectivity index (χ1v) is 6.98. The minimum absolute atomic E-state index is 0.235. The Kier molecular flexibility index (Phi) is 3.87. The van der Waals surface area contributed by atoms with Gasteiger partial charge >= 0.3 is 0 Å². The second-order valence-electron chi connectivity index (χ2n) is 5.05. The highest BCUT2D eigenvalue weighted by molar-refractivity contribution is 5.44. The number of aromatic hydroxyl groups is 1. The van der Waals surface area contributed by atoms with Gasteiger partial charge < -0.3 is 19.7 Å². The molecule has 0 spiro atoms. The van der Waals surface area contributed by atoms with Gasteiger partial charge in [0, 0.05) is 30.6 Å². The van der Waals surface area contributed by atoms with Gasteiger partial charge in [-0.3, -0.25) is 0 Å². The summed E-state index contributed by atoms with van der Waals surface area (Å²) in [5.41, 5.74) is 1.14. The Morgan fingerprint density at radius 1 is 1.40 bits per heavy atom. The zero-order valence-electron chi connectivity index (χ0n) is 11.3. The molecular weight excluding hydrogens is 254 g/mol. The smallest absolute Gasteiger partial charge is 0.127 e. The van der Waals surface area contributed by atoms with Crippen LogP contribution in [-0.2, 0) is 6.54 Å². The number of benzene rings is 1. The minimum atomic E-state index is 0.235. The number of nitrogens with zero attached hydrogens (tertiary/aromatic N) is 2. The van der Waals surface area contributed by atoms with Gasteiger partial charge in [-0.15, -0.1) is 0 Å². The molecule has 1 unspecified atom stereocenters. The summed E-state index contributed by atoms with van der Waals surface area (Å²) in [5, 5.41) is 12.9. The van der Waals surface area contributed by atoms with Gasteiger partial charge in [-0.1, -0.05) is 0 Å². The molecule has 1 atom stereocenters. The Morgan fingerprint density at radius 3 is 3.20 bits per heavy atom. The molecule has 20 heavy (non-hydrogen) atoms. The molecule has 2 N–H and O–H groups in total. The maximum Gasteiger partial charge on any atom is 0.127 e. The average molecular weight is 273 g/mol. The summed E-state index contributed by atoms with van der Waals surface area (Å²) in [5.74, 6) is 1.05. The van der Waals surface area contributed by atoms with Crippen LogP contribution < -0.4 is 10.1 Å². The fourth-order valence-electron chi connectivity index (χ4n) is 2.48. The van der Waals surface area contributed by atoms with Crippen LogP contribution in [0.1, 0.15) is 24.4 Å². The zero-order chi connectivity index (χ0) is 13.8. The molecular formula is C15H19N3O2. The normalized spacial score (nSPS) is 16.9. The van der Waals surface area contributed by atoms with E-state index in [4.69, 9.17) is 4.74 Å². The van der Waals surface area contributed by atoms with Gasteiger partial charge in [0.25, 0.3) is 0 Å². The second-order valence-corrected chi connectivity index (χ2v) is 5.05. The van der Waals surface area contributed by atoms with Crippen LogP contribution in [0.4, 0.5) is 0 Å². The third-order valence-corrected chi connectivity index (χ3v) is 3.57. The molecule has 5 nitrogen and oxygen atoms in total. The number of ether oxygens (including phenoxy) is 1. The minimum Gasteiger partial charge on any atom is -0.508 e. The molecule has 5 heteroatoms. The Hall–Kier alpha value is -2.01. The predicted octanol–water partition coefficient (Wildman–Crippen LogP) is 2.09. The molecule has 0 saturated heterocycles. The van der Waals surface area contributed by atoms with Crippen molar-refractivity contribution >= 4 is 0 Å². The number of nitrogens with one attached hydrogen (secondary N) is 1. The van der Waals surface area contributed by atoms with Gasteiger partial charge in [0.1, 0.15) is 18.1 Å². The summed E-state index contributed by atoms with van der Waals surface area (Å²) in [6.07, 6.45) is 7.88. The fraction of sp³-hybridized carbons (Fsp3) is 0.400. The summed E-state index contributed by atoms with van der Waals surface area (Å²) in [4.78, 5) is 4.03. The molecule has 0 amide bonds. The molecule has 0 saturated carbocycles. The molecule has 0 radical (unpaired) electrons. The highest BCUT2D eigenvalue weighted by Crippen LogP contribution is 2.34. The largest absolute Gasteiger partial charge is 0.508 e. The summed E-state index contributed by atoms with van der Waals surface area (Å²) < 4.78 is 7.67. The lowest BCUT2D eigenvalue weighted by Crippen LogP contribution is -2.23. The monoisotopic (exact) mass is 273 g/mol. The highest BCUT2D eigenvalue weighted by Gasteiger charge is 2.23. The van der Waals surface area contributed by atoms with Gasteiger partial charge in [-0.2, -0.15) is 0 Å². The van der Waals surface area contributed by atoms with Gasteiger partial charge in [0.2, 0.25) is 0 Å². The van der Waals surface area contributed by atoms with Gasteiger partial charge in [-0.05, 0) is 31.5 Å². The maximum atomic E-state index is 9.41. The van der Waals surface area contributed by atoms with Crippen molar-refractivity contribution in [3.05, 3.63) is 42.5 Å². The highest BCUT2D eigenvalue weighted by atomic mass is 16.5. The number of aromatic nitrogens is 2. The van der Waals surface area contributed by atoms with E-state index in [-0.39, 0.29) is 11.8 Å². The topological polar surface area (TPSA) is 59.3 Å². The first-order chi connectivity index (χ1) is 9.83. The zero-order valence-corrected chi connectivity index (χ0v) is 11.3. The molecule has 1 aromatic carbocycles. The lowest BCUT2D eigenvalue weighted by Gasteiger charge is -2.11. The molecule has 1 aliphatic heterocycles. The molecule has 0 fully saturated rings. The Bertz CT molecular complexity index is 554. The van der Waals surface area contributed by atoms with E-state index in [0.717, 1.165) is 37.2 Å². The number of phenols is 1. The predicted molar refractivity (Wildman–Crippen MR) is 75.8 cm³/mol. The van der Waals surface area contributed by atoms with Crippen molar-refractivity contribution in [2.45, 2.75) is 25.4 Å². The van der Waals surface area contributed by atoms with Crippen LogP contribution in [0.3, 0.4) is 0 Å². The van der Waals surface area contributed by atoms with Crippen molar-refractivity contribution in [2.24, 2.45) is 0 Å². The molecule has 0 aliphatic carbocycles. The molecule has 106 valence electrons. The van der Waals surface area contributed by atoms with Crippen LogP contribution in [-0.4, -0.2) is 27.8 Å². The van der Waals surface area contributed by atoms with Crippen molar-refractivity contribution in [3.63, 3.8) is 0 Å². The number of aryl methyl sites for hydroxylation is 1. The maximum absolute atomic E-state index is 9.41. The number of hydrogen-bond donors (Lipinski definition) is 2. The van der Waals surface area contributed by atoms with E-state index >= 15 is 0 Å². The quantitative estimate of drug-likeness (QED) is 0.791. The van der Waals surface area contributed by atoms with Crippen LogP contribution in [0.5, 0.6) is 11.5 Å². The van der Waals surface area contributed by atoms with E-state index in [1.54, 1.807) is 18.3 Å². The van der Waals surface area contributed by atoms with E-state index in [2.05, 4.69) is 14.9 Å². The standard InChI is InChI=1S/C15H19N3O2/c19-12-3-4-13-14(10-20-15(13)9-12)17-5-1-2-7-18-8-6-16-11-18/h3-4,6,8-9,11,14,17,19H,1-2,5,7,10H2. The summed E-state index contributed by atoms with van der Waals surface area (Å²) >= 11 is 0. The molecule has 2 heterocycles. The van der Waals surface area contributed by atoms with Crippen LogP contribution in [0.2, 0.25) is 0 Å². The number of fused-ring (bicyclic) bond motifs is 1.